The number of rotatable bonds is 6. The summed E-state index contributed by atoms with van der Waals surface area (Å²) >= 11 is 0. The summed E-state index contributed by atoms with van der Waals surface area (Å²) in [6.07, 6.45) is 1.78. The molecule has 0 radical (unpaired) electrons. The zero-order valence-corrected chi connectivity index (χ0v) is 13.6. The number of halogens is 1. The van der Waals surface area contributed by atoms with Crippen LogP contribution in [0.15, 0.2) is 48.5 Å². The maximum absolute atomic E-state index is 12.8. The summed E-state index contributed by atoms with van der Waals surface area (Å²) in [5.74, 6) is -0.551. The van der Waals surface area contributed by atoms with Crippen LogP contribution < -0.4 is 5.32 Å². The molecule has 0 aliphatic rings. The van der Waals surface area contributed by atoms with Gasteiger partial charge in [-0.25, -0.2) is 12.8 Å². The van der Waals surface area contributed by atoms with E-state index in [1.165, 1.54) is 18.4 Å². The summed E-state index contributed by atoms with van der Waals surface area (Å²) in [7, 11) is -3.09. The van der Waals surface area contributed by atoms with Crippen molar-refractivity contribution in [3.8, 4) is 0 Å². The summed E-state index contributed by atoms with van der Waals surface area (Å²) in [5, 5.41) is 2.78. The lowest BCUT2D eigenvalue weighted by Gasteiger charge is -2.06. The van der Waals surface area contributed by atoms with E-state index >= 15 is 0 Å². The van der Waals surface area contributed by atoms with Gasteiger partial charge in [0.25, 0.3) is 5.91 Å². The molecule has 0 atom stereocenters. The minimum atomic E-state index is -3.09. The maximum atomic E-state index is 12.8. The zero-order valence-electron chi connectivity index (χ0n) is 12.8. The van der Waals surface area contributed by atoms with E-state index in [-0.39, 0.29) is 17.5 Å². The number of amides is 1. The fraction of sp³-hybridized carbons (Fsp3) is 0.235. The summed E-state index contributed by atoms with van der Waals surface area (Å²) in [6.45, 7) is 0.440. The van der Waals surface area contributed by atoms with Gasteiger partial charge in [0.05, 0.1) is 5.75 Å². The molecule has 2 aromatic rings. The largest absolute Gasteiger partial charge is 0.352 e. The Morgan fingerprint density at radius 3 is 2.13 bits per heavy atom. The van der Waals surface area contributed by atoms with Crippen molar-refractivity contribution in [2.24, 2.45) is 0 Å². The van der Waals surface area contributed by atoms with Crippen LogP contribution in [0.5, 0.6) is 0 Å². The van der Waals surface area contributed by atoms with E-state index in [1.54, 1.807) is 36.4 Å². The van der Waals surface area contributed by atoms with Crippen molar-refractivity contribution < 1.29 is 17.6 Å². The zero-order chi connectivity index (χ0) is 16.9. The molecule has 122 valence electrons. The Balaban J connectivity index is 1.87. The number of sulfone groups is 1. The fourth-order valence-electron chi connectivity index (χ4n) is 2.13. The molecule has 0 fully saturated rings. The highest BCUT2D eigenvalue weighted by atomic mass is 32.2. The second-order valence-electron chi connectivity index (χ2n) is 5.40. The SMILES string of the molecule is CS(=O)(=O)Cc1ccc(C(=O)NCCc2ccc(F)cc2)cc1. The highest BCUT2D eigenvalue weighted by Crippen LogP contribution is 2.08. The molecule has 0 aliphatic heterocycles. The first-order valence-electron chi connectivity index (χ1n) is 7.13. The van der Waals surface area contributed by atoms with Gasteiger partial charge in [0, 0.05) is 18.4 Å². The van der Waals surface area contributed by atoms with Crippen molar-refractivity contribution >= 4 is 15.7 Å². The van der Waals surface area contributed by atoms with Crippen LogP contribution in [0.1, 0.15) is 21.5 Å². The molecule has 6 heteroatoms. The lowest BCUT2D eigenvalue weighted by molar-refractivity contribution is 0.0954. The molecule has 1 amide bonds. The first-order chi connectivity index (χ1) is 10.8. The Hall–Kier alpha value is -2.21. The summed E-state index contributed by atoms with van der Waals surface area (Å²) in [4.78, 5) is 12.0. The molecule has 0 heterocycles. The van der Waals surface area contributed by atoms with Crippen molar-refractivity contribution in [2.45, 2.75) is 12.2 Å². The van der Waals surface area contributed by atoms with Gasteiger partial charge in [-0.1, -0.05) is 24.3 Å². The fourth-order valence-corrected chi connectivity index (χ4v) is 2.93. The van der Waals surface area contributed by atoms with Crippen molar-refractivity contribution in [3.63, 3.8) is 0 Å². The predicted octanol–water partition coefficient (Wildman–Crippen LogP) is 2.34. The third kappa shape index (κ3) is 5.83. The third-order valence-corrected chi connectivity index (χ3v) is 4.12. The molecule has 0 aliphatic carbocycles. The molecule has 2 rings (SSSR count). The minimum absolute atomic E-state index is 0.0422. The number of carbonyl (C=O) groups is 1. The Labute approximate surface area is 135 Å². The summed E-state index contributed by atoms with van der Waals surface area (Å²) < 4.78 is 35.2. The number of hydrogen-bond donors (Lipinski definition) is 1. The van der Waals surface area contributed by atoms with E-state index in [0.717, 1.165) is 5.56 Å². The van der Waals surface area contributed by atoms with Gasteiger partial charge in [0.1, 0.15) is 5.82 Å². The normalized spacial score (nSPS) is 11.2. The van der Waals surface area contributed by atoms with Crippen LogP contribution in [0.25, 0.3) is 0 Å². The average molecular weight is 335 g/mol. The van der Waals surface area contributed by atoms with Gasteiger partial charge in [-0.3, -0.25) is 4.79 Å². The molecule has 0 saturated heterocycles. The van der Waals surface area contributed by atoms with Gasteiger partial charge in [-0.15, -0.1) is 0 Å². The van der Waals surface area contributed by atoms with Gasteiger partial charge in [-0.05, 0) is 41.8 Å². The summed E-state index contributed by atoms with van der Waals surface area (Å²) in [6, 6.07) is 12.6. The average Bonchev–Trinajstić information content (AvgIpc) is 2.48. The molecule has 0 saturated carbocycles. The van der Waals surface area contributed by atoms with E-state index in [4.69, 9.17) is 0 Å². The van der Waals surface area contributed by atoms with Crippen LogP contribution >= 0.6 is 0 Å². The van der Waals surface area contributed by atoms with Crippen LogP contribution in [0.3, 0.4) is 0 Å². The van der Waals surface area contributed by atoms with Gasteiger partial charge < -0.3 is 5.32 Å². The lowest BCUT2D eigenvalue weighted by Crippen LogP contribution is -2.25. The van der Waals surface area contributed by atoms with Crippen LogP contribution in [-0.2, 0) is 22.0 Å². The van der Waals surface area contributed by atoms with E-state index in [9.17, 15) is 17.6 Å². The van der Waals surface area contributed by atoms with E-state index in [1.807, 2.05) is 0 Å². The van der Waals surface area contributed by atoms with Gasteiger partial charge in [0.2, 0.25) is 0 Å². The van der Waals surface area contributed by atoms with Gasteiger partial charge in [-0.2, -0.15) is 0 Å². The molecular formula is C17H18FNO3S. The highest BCUT2D eigenvalue weighted by Gasteiger charge is 2.08. The quantitative estimate of drug-likeness (QED) is 0.881. The summed E-state index contributed by atoms with van der Waals surface area (Å²) in [5.41, 5.74) is 2.06. The molecule has 0 bridgehead atoms. The number of nitrogens with one attached hydrogen (secondary N) is 1. The monoisotopic (exact) mass is 335 g/mol. The second-order valence-corrected chi connectivity index (χ2v) is 7.54. The van der Waals surface area contributed by atoms with E-state index < -0.39 is 9.84 Å². The van der Waals surface area contributed by atoms with E-state index in [0.29, 0.717) is 24.1 Å². The first kappa shape index (κ1) is 17.1. The predicted molar refractivity (Wildman–Crippen MR) is 87.4 cm³/mol. The van der Waals surface area contributed by atoms with Crippen molar-refractivity contribution in [2.75, 3.05) is 12.8 Å². The molecule has 2 aromatic carbocycles. The van der Waals surface area contributed by atoms with E-state index in [2.05, 4.69) is 5.32 Å². The maximum Gasteiger partial charge on any atom is 0.251 e. The third-order valence-electron chi connectivity index (χ3n) is 3.26. The van der Waals surface area contributed by atoms with Gasteiger partial charge >= 0.3 is 0 Å². The molecule has 1 N–H and O–H groups in total. The Morgan fingerprint density at radius 1 is 1.00 bits per heavy atom. The molecule has 0 spiro atoms. The van der Waals surface area contributed by atoms with Crippen LogP contribution in [0.2, 0.25) is 0 Å². The number of hydrogen-bond acceptors (Lipinski definition) is 3. The van der Waals surface area contributed by atoms with Crippen LogP contribution in [0.4, 0.5) is 4.39 Å². The smallest absolute Gasteiger partial charge is 0.251 e. The number of benzene rings is 2. The standard InChI is InChI=1S/C17H18FNO3S/c1-23(21,22)12-14-2-6-15(7-3-14)17(20)19-11-10-13-4-8-16(18)9-5-13/h2-9H,10-12H2,1H3,(H,19,20). The highest BCUT2D eigenvalue weighted by molar-refractivity contribution is 7.89. The first-order valence-corrected chi connectivity index (χ1v) is 9.19. The van der Waals surface area contributed by atoms with Crippen molar-refractivity contribution in [3.05, 3.63) is 71.0 Å². The van der Waals surface area contributed by atoms with Crippen LogP contribution in [-0.4, -0.2) is 27.1 Å². The van der Waals surface area contributed by atoms with Crippen molar-refractivity contribution in [1.82, 2.24) is 5.32 Å². The Morgan fingerprint density at radius 2 is 1.57 bits per heavy atom. The molecule has 0 unspecified atom stereocenters. The number of carbonyl (C=O) groups excluding carboxylic acids is 1. The Kier molecular flexibility index (Phi) is 5.50. The molecule has 4 nitrogen and oxygen atoms in total. The van der Waals surface area contributed by atoms with Gasteiger partial charge in [0.15, 0.2) is 9.84 Å². The van der Waals surface area contributed by atoms with Crippen LogP contribution in [0, 0.1) is 5.82 Å². The minimum Gasteiger partial charge on any atom is -0.352 e. The molecule has 23 heavy (non-hydrogen) atoms. The second kappa shape index (κ2) is 7.37. The molecular weight excluding hydrogens is 317 g/mol. The lowest BCUT2D eigenvalue weighted by atomic mass is 10.1. The van der Waals surface area contributed by atoms with Crippen molar-refractivity contribution in [1.29, 1.82) is 0 Å². The Bertz CT molecular complexity index is 768. The topological polar surface area (TPSA) is 63.2 Å². The molecule has 0 aromatic heterocycles.